The minimum Gasteiger partial charge on any atom is -0.305 e. The number of nitrogens with one attached hydrogen (secondary N) is 1. The summed E-state index contributed by atoms with van der Waals surface area (Å²) in [6.45, 7) is 7.23. The van der Waals surface area contributed by atoms with Gasteiger partial charge < -0.3 is 5.32 Å². The van der Waals surface area contributed by atoms with Crippen LogP contribution < -0.4 is 5.32 Å². The highest BCUT2D eigenvalue weighted by atomic mass is 32.1. The molecule has 6 heteroatoms. The van der Waals surface area contributed by atoms with Crippen molar-refractivity contribution in [2.45, 2.75) is 33.4 Å². The molecule has 0 aliphatic heterocycles. The molecule has 0 aliphatic carbocycles. The molecule has 0 saturated heterocycles. The van der Waals surface area contributed by atoms with Gasteiger partial charge in [0.1, 0.15) is 0 Å². The first kappa shape index (κ1) is 15.2. The third-order valence-corrected chi connectivity index (χ3v) is 4.89. The smallest absolute Gasteiger partial charge is 0.305 e. The second kappa shape index (κ2) is 6.03. The van der Waals surface area contributed by atoms with Gasteiger partial charge >= 0.3 is 5.00 Å². The molecule has 108 valence electrons. The molecule has 20 heavy (non-hydrogen) atoms. The van der Waals surface area contributed by atoms with E-state index in [4.69, 9.17) is 0 Å². The zero-order chi connectivity index (χ0) is 14.8. The molecule has 2 aromatic rings. The van der Waals surface area contributed by atoms with Crippen molar-refractivity contribution in [2.24, 2.45) is 5.41 Å². The summed E-state index contributed by atoms with van der Waals surface area (Å²) in [7, 11) is 0. The minimum absolute atomic E-state index is 0.0901. The largest absolute Gasteiger partial charge is 0.324 e. The van der Waals surface area contributed by atoms with Gasteiger partial charge in [-0.15, -0.1) is 11.3 Å². The Labute approximate surface area is 126 Å². The fraction of sp³-hybridized carbons (Fsp3) is 0.429. The Morgan fingerprint density at radius 3 is 2.65 bits per heavy atom. The van der Waals surface area contributed by atoms with Crippen molar-refractivity contribution in [2.75, 3.05) is 0 Å². The SMILES string of the molecule is CC(C)(C)C(NCc1csc([N+](=O)[O-])c1)c1cccs1. The lowest BCUT2D eigenvalue weighted by Gasteiger charge is -2.31. The second-order valence-corrected chi connectivity index (χ2v) is 7.61. The Balaban J connectivity index is 2.07. The van der Waals surface area contributed by atoms with Crippen molar-refractivity contribution < 1.29 is 4.92 Å². The van der Waals surface area contributed by atoms with Crippen LogP contribution >= 0.6 is 22.7 Å². The summed E-state index contributed by atoms with van der Waals surface area (Å²) in [4.78, 5) is 11.7. The molecule has 2 aromatic heterocycles. The number of nitrogens with zero attached hydrogens (tertiary/aromatic N) is 1. The summed E-state index contributed by atoms with van der Waals surface area (Å²) in [5, 5.41) is 18.3. The lowest BCUT2D eigenvalue weighted by atomic mass is 9.85. The van der Waals surface area contributed by atoms with Crippen molar-refractivity contribution in [3.63, 3.8) is 0 Å². The van der Waals surface area contributed by atoms with Gasteiger partial charge in [-0.2, -0.15) is 0 Å². The molecule has 1 atom stereocenters. The van der Waals surface area contributed by atoms with Gasteiger partial charge in [-0.3, -0.25) is 10.1 Å². The predicted octanol–water partition coefficient (Wildman–Crippen LogP) is 4.59. The van der Waals surface area contributed by atoms with Crippen LogP contribution in [-0.4, -0.2) is 4.92 Å². The van der Waals surface area contributed by atoms with Gasteiger partial charge in [-0.25, -0.2) is 0 Å². The molecular formula is C14H18N2O2S2. The molecule has 0 aromatic carbocycles. The number of nitro groups is 1. The summed E-state index contributed by atoms with van der Waals surface area (Å²) in [5.74, 6) is 0. The average Bonchev–Trinajstić information content (AvgIpc) is 2.97. The number of rotatable bonds is 5. The van der Waals surface area contributed by atoms with Crippen LogP contribution in [0, 0.1) is 15.5 Å². The molecular weight excluding hydrogens is 292 g/mol. The van der Waals surface area contributed by atoms with Crippen molar-refractivity contribution in [3.05, 3.63) is 49.5 Å². The molecule has 0 radical (unpaired) electrons. The first-order chi connectivity index (χ1) is 9.38. The van der Waals surface area contributed by atoms with Gasteiger partial charge in [0.05, 0.1) is 4.92 Å². The van der Waals surface area contributed by atoms with E-state index >= 15 is 0 Å². The highest BCUT2D eigenvalue weighted by Gasteiger charge is 2.26. The van der Waals surface area contributed by atoms with E-state index < -0.39 is 0 Å². The molecule has 1 unspecified atom stereocenters. The fourth-order valence-corrected chi connectivity index (χ4v) is 3.83. The molecule has 0 amide bonds. The summed E-state index contributed by atoms with van der Waals surface area (Å²) < 4.78 is 0. The topological polar surface area (TPSA) is 55.2 Å². The van der Waals surface area contributed by atoms with Crippen molar-refractivity contribution in [1.82, 2.24) is 5.32 Å². The third-order valence-electron chi connectivity index (χ3n) is 3.02. The zero-order valence-corrected chi connectivity index (χ0v) is 13.4. The van der Waals surface area contributed by atoms with E-state index in [1.165, 1.54) is 16.2 Å². The number of thiophene rings is 2. The Kier molecular flexibility index (Phi) is 4.57. The highest BCUT2D eigenvalue weighted by molar-refractivity contribution is 7.13. The lowest BCUT2D eigenvalue weighted by Crippen LogP contribution is -2.31. The first-order valence-electron chi connectivity index (χ1n) is 6.36. The van der Waals surface area contributed by atoms with E-state index in [9.17, 15) is 10.1 Å². The van der Waals surface area contributed by atoms with Gasteiger partial charge in [-0.1, -0.05) is 38.2 Å². The van der Waals surface area contributed by atoms with Crippen molar-refractivity contribution in [1.29, 1.82) is 0 Å². The van der Waals surface area contributed by atoms with E-state index in [-0.39, 0.29) is 21.4 Å². The summed E-state index contributed by atoms with van der Waals surface area (Å²) in [6, 6.07) is 6.06. The van der Waals surface area contributed by atoms with Gasteiger partial charge in [0.2, 0.25) is 0 Å². The molecule has 4 nitrogen and oxygen atoms in total. The zero-order valence-electron chi connectivity index (χ0n) is 11.8. The van der Waals surface area contributed by atoms with Crippen LogP contribution in [0.1, 0.15) is 37.3 Å². The fourth-order valence-electron chi connectivity index (χ4n) is 2.06. The third kappa shape index (κ3) is 3.65. The maximum Gasteiger partial charge on any atom is 0.324 e. The summed E-state index contributed by atoms with van der Waals surface area (Å²) in [6.07, 6.45) is 0. The lowest BCUT2D eigenvalue weighted by molar-refractivity contribution is -0.380. The minimum atomic E-state index is -0.339. The second-order valence-electron chi connectivity index (χ2n) is 5.75. The van der Waals surface area contributed by atoms with E-state index in [1.54, 1.807) is 17.4 Å². The monoisotopic (exact) mass is 310 g/mol. The molecule has 0 saturated carbocycles. The quantitative estimate of drug-likeness (QED) is 0.649. The van der Waals surface area contributed by atoms with Crippen LogP contribution in [0.15, 0.2) is 29.0 Å². The molecule has 1 N–H and O–H groups in total. The Hall–Kier alpha value is -1.24. The number of hydrogen-bond donors (Lipinski definition) is 1. The standard InChI is InChI=1S/C14H18N2O2S2/c1-14(2,3)13(11-5-4-6-19-11)15-8-10-7-12(16(17)18)20-9-10/h4-7,9,13,15H,8H2,1-3H3. The van der Waals surface area contributed by atoms with E-state index in [2.05, 4.69) is 43.6 Å². The van der Waals surface area contributed by atoms with Gasteiger partial charge in [0.15, 0.2) is 0 Å². The van der Waals surface area contributed by atoms with Gasteiger partial charge in [0, 0.05) is 28.9 Å². The Morgan fingerprint density at radius 2 is 2.15 bits per heavy atom. The van der Waals surface area contributed by atoms with Crippen molar-refractivity contribution in [3.8, 4) is 0 Å². The van der Waals surface area contributed by atoms with Crippen LogP contribution in [0.5, 0.6) is 0 Å². The summed E-state index contributed by atoms with van der Waals surface area (Å²) >= 11 is 2.91. The molecule has 2 heterocycles. The van der Waals surface area contributed by atoms with Crippen LogP contribution in [0.4, 0.5) is 5.00 Å². The summed E-state index contributed by atoms with van der Waals surface area (Å²) in [5.41, 5.74) is 1.06. The molecule has 2 rings (SSSR count). The van der Waals surface area contributed by atoms with Crippen LogP contribution in [-0.2, 0) is 6.54 Å². The Morgan fingerprint density at radius 1 is 1.40 bits per heavy atom. The van der Waals surface area contributed by atoms with Gasteiger partial charge in [-0.05, 0) is 22.4 Å². The highest BCUT2D eigenvalue weighted by Crippen LogP contribution is 2.35. The van der Waals surface area contributed by atoms with E-state index in [0.717, 1.165) is 5.56 Å². The normalized spacial score (nSPS) is 13.3. The molecule has 0 aliphatic rings. The Bertz CT molecular complexity index is 570. The van der Waals surface area contributed by atoms with Crippen LogP contribution in [0.3, 0.4) is 0 Å². The van der Waals surface area contributed by atoms with Crippen molar-refractivity contribution >= 4 is 27.7 Å². The molecule has 0 bridgehead atoms. The maximum absolute atomic E-state index is 10.7. The molecule has 0 fully saturated rings. The predicted molar refractivity (Wildman–Crippen MR) is 84.3 cm³/mol. The first-order valence-corrected chi connectivity index (χ1v) is 8.12. The number of hydrogen-bond acceptors (Lipinski definition) is 5. The maximum atomic E-state index is 10.7. The average molecular weight is 310 g/mol. The van der Waals surface area contributed by atoms with Gasteiger partial charge in [0.25, 0.3) is 0 Å². The molecule has 0 spiro atoms. The van der Waals surface area contributed by atoms with E-state index in [0.29, 0.717) is 6.54 Å². The van der Waals surface area contributed by atoms with Crippen LogP contribution in [0.2, 0.25) is 0 Å². The van der Waals surface area contributed by atoms with Crippen LogP contribution in [0.25, 0.3) is 0 Å². The van der Waals surface area contributed by atoms with E-state index in [1.807, 2.05) is 5.38 Å².